The maximum Gasteiger partial charge on any atom is 0.174 e. The Hall–Kier alpha value is -0.630. The molecule has 0 aromatic heterocycles. The summed E-state index contributed by atoms with van der Waals surface area (Å²) in [4.78, 5) is 10.6. The van der Waals surface area contributed by atoms with Gasteiger partial charge in [-0.25, -0.2) is 0 Å². The van der Waals surface area contributed by atoms with Gasteiger partial charge in [0, 0.05) is 0 Å². The highest BCUT2D eigenvalue weighted by molar-refractivity contribution is 5.98. The lowest BCUT2D eigenvalue weighted by Gasteiger charge is -1.99. The van der Waals surface area contributed by atoms with E-state index in [0.29, 0.717) is 5.57 Å². The molecule has 0 fully saturated rings. The number of hydrogen-bond acceptors (Lipinski definition) is 2. The van der Waals surface area contributed by atoms with Crippen molar-refractivity contribution in [3.8, 4) is 0 Å². The topological polar surface area (TPSA) is 43.1 Å². The first-order valence-corrected chi connectivity index (χ1v) is 2.34. The van der Waals surface area contributed by atoms with Crippen LogP contribution >= 0.6 is 0 Å². The molecule has 0 saturated heterocycles. The summed E-state index contributed by atoms with van der Waals surface area (Å²) in [6, 6.07) is -0.646. The Balaban J connectivity index is 3.84. The van der Waals surface area contributed by atoms with Crippen LogP contribution in [0.2, 0.25) is 0 Å². The van der Waals surface area contributed by atoms with E-state index in [0.717, 1.165) is 0 Å². The van der Waals surface area contributed by atoms with Gasteiger partial charge in [-0.05, 0) is 19.4 Å². The van der Waals surface area contributed by atoms with Crippen LogP contribution in [0.15, 0.2) is 12.2 Å². The molecule has 0 amide bonds. The summed E-state index contributed by atoms with van der Waals surface area (Å²) in [5.74, 6) is -0.176. The number of ketones is 1. The van der Waals surface area contributed by atoms with Crippen molar-refractivity contribution in [1.82, 2.24) is 0 Å². The largest absolute Gasteiger partial charge is 0.321 e. The highest BCUT2D eigenvalue weighted by Crippen LogP contribution is 1.91. The van der Waals surface area contributed by atoms with E-state index in [2.05, 4.69) is 13.5 Å². The summed E-state index contributed by atoms with van der Waals surface area (Å²) in [6.07, 6.45) is 0. The molecule has 45 valence electrons. The minimum Gasteiger partial charge on any atom is -0.321 e. The monoisotopic (exact) mass is 112 g/mol. The number of Topliss-reactive ketones (excluding diaryl/α,β-unsaturated/α-hetero) is 1. The molecule has 0 spiro atoms. The first-order chi connectivity index (χ1) is 3.55. The van der Waals surface area contributed by atoms with Gasteiger partial charge in [0.15, 0.2) is 5.78 Å². The van der Waals surface area contributed by atoms with Crippen LogP contribution in [0.5, 0.6) is 0 Å². The Morgan fingerprint density at radius 3 is 2.12 bits per heavy atom. The molecule has 2 N–H and O–H groups in total. The second kappa shape index (κ2) is 2.62. The van der Waals surface area contributed by atoms with Gasteiger partial charge in [-0.1, -0.05) is 6.58 Å². The van der Waals surface area contributed by atoms with E-state index >= 15 is 0 Å². The lowest BCUT2D eigenvalue weighted by molar-refractivity contribution is -0.115. The summed E-state index contributed by atoms with van der Waals surface area (Å²) < 4.78 is 0. The molecule has 0 aromatic carbocycles. The molecule has 0 heterocycles. The average Bonchev–Trinajstić information content (AvgIpc) is 1.64. The van der Waals surface area contributed by atoms with Crippen LogP contribution < -0.4 is 5.73 Å². The molecule has 2 heteroatoms. The molecule has 0 saturated carbocycles. The quantitative estimate of drug-likeness (QED) is 0.522. The van der Waals surface area contributed by atoms with E-state index in [1.54, 1.807) is 6.92 Å². The molecular formula is C6H10NO. The molecule has 0 bridgehead atoms. The average molecular weight is 112 g/mol. The summed E-state index contributed by atoms with van der Waals surface area (Å²) in [6.45, 7) is 8.35. The first kappa shape index (κ1) is 7.37. The predicted octanol–water partition coefficient (Wildman–Crippen LogP) is 0.293. The van der Waals surface area contributed by atoms with Gasteiger partial charge in [0.25, 0.3) is 0 Å². The van der Waals surface area contributed by atoms with Crippen LogP contribution in [-0.4, -0.2) is 11.8 Å². The SMILES string of the molecule is [CH2]C(N)C(=O)C(=C)C. The highest BCUT2D eigenvalue weighted by Gasteiger charge is 2.05. The minimum absolute atomic E-state index is 0.176. The fourth-order valence-electron chi connectivity index (χ4n) is 0.316. The smallest absolute Gasteiger partial charge is 0.174 e. The predicted molar refractivity (Wildman–Crippen MR) is 33.2 cm³/mol. The molecule has 1 unspecified atom stereocenters. The Kier molecular flexibility index (Phi) is 2.42. The molecule has 0 aliphatic rings. The Morgan fingerprint density at radius 1 is 1.75 bits per heavy atom. The van der Waals surface area contributed by atoms with Crippen LogP contribution in [0.25, 0.3) is 0 Å². The van der Waals surface area contributed by atoms with Crippen molar-refractivity contribution in [2.24, 2.45) is 5.73 Å². The Bertz CT molecular complexity index is 116. The summed E-state index contributed by atoms with van der Waals surface area (Å²) in [7, 11) is 0. The second-order valence-electron chi connectivity index (χ2n) is 1.75. The fourth-order valence-corrected chi connectivity index (χ4v) is 0.316. The van der Waals surface area contributed by atoms with Gasteiger partial charge in [-0.2, -0.15) is 0 Å². The zero-order valence-electron chi connectivity index (χ0n) is 4.98. The van der Waals surface area contributed by atoms with Crippen molar-refractivity contribution >= 4 is 5.78 Å². The molecule has 0 aromatic rings. The first-order valence-electron chi connectivity index (χ1n) is 2.34. The van der Waals surface area contributed by atoms with Gasteiger partial charge in [0.2, 0.25) is 0 Å². The van der Waals surface area contributed by atoms with E-state index in [4.69, 9.17) is 5.73 Å². The molecule has 1 radical (unpaired) electrons. The maximum absolute atomic E-state index is 10.6. The zero-order valence-corrected chi connectivity index (χ0v) is 4.98. The van der Waals surface area contributed by atoms with Gasteiger partial charge in [-0.15, -0.1) is 0 Å². The lowest BCUT2D eigenvalue weighted by atomic mass is 10.1. The molecule has 1 atom stereocenters. The van der Waals surface area contributed by atoms with Crippen molar-refractivity contribution in [3.05, 3.63) is 19.1 Å². The normalized spacial score (nSPS) is 12.9. The number of carbonyl (C=O) groups excluding carboxylic acids is 1. The fraction of sp³-hybridized carbons (Fsp3) is 0.333. The van der Waals surface area contributed by atoms with Crippen LogP contribution in [0.4, 0.5) is 0 Å². The van der Waals surface area contributed by atoms with Crippen molar-refractivity contribution in [1.29, 1.82) is 0 Å². The van der Waals surface area contributed by atoms with Crippen LogP contribution in [0.3, 0.4) is 0 Å². The summed E-state index contributed by atoms with van der Waals surface area (Å²) >= 11 is 0. The Labute approximate surface area is 49.4 Å². The van der Waals surface area contributed by atoms with Crippen molar-refractivity contribution in [2.45, 2.75) is 13.0 Å². The summed E-state index contributed by atoms with van der Waals surface area (Å²) in [5.41, 5.74) is 5.58. The molecule has 2 nitrogen and oxygen atoms in total. The van der Waals surface area contributed by atoms with Gasteiger partial charge in [0.05, 0.1) is 6.04 Å². The molecule has 0 rings (SSSR count). The molecule has 0 aliphatic carbocycles. The van der Waals surface area contributed by atoms with E-state index in [9.17, 15) is 4.79 Å². The van der Waals surface area contributed by atoms with Gasteiger partial charge in [-0.3, -0.25) is 4.79 Å². The third-order valence-electron chi connectivity index (χ3n) is 0.757. The van der Waals surface area contributed by atoms with Gasteiger partial charge < -0.3 is 5.73 Å². The van der Waals surface area contributed by atoms with E-state index < -0.39 is 6.04 Å². The van der Waals surface area contributed by atoms with Gasteiger partial charge >= 0.3 is 0 Å². The highest BCUT2D eigenvalue weighted by atomic mass is 16.1. The van der Waals surface area contributed by atoms with E-state index in [1.165, 1.54) is 0 Å². The van der Waals surface area contributed by atoms with Crippen LogP contribution in [0.1, 0.15) is 6.92 Å². The number of rotatable bonds is 2. The summed E-state index contributed by atoms with van der Waals surface area (Å²) in [5, 5.41) is 0. The number of nitrogens with two attached hydrogens (primary N) is 1. The van der Waals surface area contributed by atoms with Crippen LogP contribution in [0, 0.1) is 6.92 Å². The van der Waals surface area contributed by atoms with Crippen molar-refractivity contribution < 1.29 is 4.79 Å². The van der Waals surface area contributed by atoms with Crippen LogP contribution in [-0.2, 0) is 4.79 Å². The van der Waals surface area contributed by atoms with E-state index in [1.807, 2.05) is 0 Å². The zero-order chi connectivity index (χ0) is 6.73. The molecule has 8 heavy (non-hydrogen) atoms. The van der Waals surface area contributed by atoms with Crippen molar-refractivity contribution in [3.63, 3.8) is 0 Å². The van der Waals surface area contributed by atoms with E-state index in [-0.39, 0.29) is 5.78 Å². The molecule has 0 aliphatic heterocycles. The van der Waals surface area contributed by atoms with Crippen molar-refractivity contribution in [2.75, 3.05) is 0 Å². The minimum atomic E-state index is -0.646. The third kappa shape index (κ3) is 1.89. The number of hydrogen-bond donors (Lipinski definition) is 1. The second-order valence-corrected chi connectivity index (χ2v) is 1.75. The number of carbonyl (C=O) groups is 1. The lowest BCUT2D eigenvalue weighted by Crippen LogP contribution is -2.27. The molecular weight excluding hydrogens is 102 g/mol. The third-order valence-corrected chi connectivity index (χ3v) is 0.757. The maximum atomic E-state index is 10.6. The standard InChI is InChI=1S/C6H10NO/c1-4(2)6(8)5(3)7/h5H,1,3,7H2,2H3. The Morgan fingerprint density at radius 2 is 2.12 bits per heavy atom. The van der Waals surface area contributed by atoms with Gasteiger partial charge in [0.1, 0.15) is 0 Å².